The van der Waals surface area contributed by atoms with Crippen LogP contribution in [0.4, 0.5) is 5.69 Å². The Bertz CT molecular complexity index is 909. The molecule has 1 N–H and O–H groups in total. The summed E-state index contributed by atoms with van der Waals surface area (Å²) in [6.45, 7) is 8.25. The van der Waals surface area contributed by atoms with Crippen molar-refractivity contribution in [1.82, 2.24) is 14.9 Å². The number of likely N-dealkylation sites (N-methyl/N-ethyl adjacent to an activating group) is 1. The Morgan fingerprint density at radius 2 is 1.58 bits per heavy atom. The molecule has 0 amide bonds. The summed E-state index contributed by atoms with van der Waals surface area (Å²) in [6.07, 6.45) is 0. The summed E-state index contributed by atoms with van der Waals surface area (Å²) in [5.41, 5.74) is 2.77. The monoisotopic (exact) mass is 350 g/mol. The quantitative estimate of drug-likeness (QED) is 0.770. The lowest BCUT2D eigenvalue weighted by atomic mass is 10.1. The molecule has 0 unspecified atom stereocenters. The molecule has 1 fully saturated rings. The normalized spacial score (nSPS) is 14.8. The number of nitrogens with zero attached hydrogens (tertiary/aromatic N) is 3. The largest absolute Gasteiger partial charge is 0.369 e. The molecule has 4 rings (SSSR count). The smallest absolute Gasteiger partial charge is 0.259 e. The number of para-hydroxylation sites is 1. The third kappa shape index (κ3) is 3.78. The number of aromatic nitrogens is 2. The zero-order valence-corrected chi connectivity index (χ0v) is 15.7. The van der Waals surface area contributed by atoms with Gasteiger partial charge in [-0.2, -0.15) is 0 Å². The fraction of sp³-hybridized carbons (Fsp3) is 0.333. The number of piperazine rings is 1. The highest BCUT2D eigenvalue weighted by atomic mass is 16.1. The Morgan fingerprint density at radius 1 is 0.923 bits per heavy atom. The molecule has 0 aliphatic carbocycles. The highest BCUT2D eigenvalue weighted by Crippen LogP contribution is 2.22. The van der Waals surface area contributed by atoms with Crippen molar-refractivity contribution in [2.45, 2.75) is 13.8 Å². The molecule has 136 valence electrons. The van der Waals surface area contributed by atoms with Gasteiger partial charge in [-0.25, -0.2) is 4.98 Å². The molecule has 0 radical (unpaired) electrons. The minimum absolute atomic E-state index is 0.0984. The van der Waals surface area contributed by atoms with E-state index in [4.69, 9.17) is 0 Å². The van der Waals surface area contributed by atoms with E-state index in [1.807, 2.05) is 44.2 Å². The summed E-state index contributed by atoms with van der Waals surface area (Å²) in [5.74, 6) is 0.614. The fourth-order valence-corrected chi connectivity index (χ4v) is 3.12. The summed E-state index contributed by atoms with van der Waals surface area (Å²) in [5, 5.41) is 0.621. The Labute approximate surface area is 154 Å². The van der Waals surface area contributed by atoms with Crippen LogP contribution in [0.1, 0.15) is 13.8 Å². The predicted octanol–water partition coefficient (Wildman–Crippen LogP) is 3.37. The molecule has 5 nitrogen and oxygen atoms in total. The first kappa shape index (κ1) is 18.1. The van der Waals surface area contributed by atoms with Crippen molar-refractivity contribution in [3.05, 3.63) is 58.9 Å². The van der Waals surface area contributed by atoms with Gasteiger partial charge in [0.05, 0.1) is 10.9 Å². The van der Waals surface area contributed by atoms with Crippen LogP contribution in [0.5, 0.6) is 0 Å². The molecule has 0 spiro atoms. The van der Waals surface area contributed by atoms with Crippen molar-refractivity contribution >= 4 is 16.6 Å². The van der Waals surface area contributed by atoms with Crippen LogP contribution < -0.4 is 10.5 Å². The van der Waals surface area contributed by atoms with Gasteiger partial charge in [-0.1, -0.05) is 26.0 Å². The summed E-state index contributed by atoms with van der Waals surface area (Å²) >= 11 is 0. The van der Waals surface area contributed by atoms with Crippen LogP contribution in [-0.2, 0) is 0 Å². The number of fused-ring (bicyclic) bond motifs is 1. The van der Waals surface area contributed by atoms with Gasteiger partial charge in [0.25, 0.3) is 5.56 Å². The molecular formula is C21H26N4O. The zero-order valence-electron chi connectivity index (χ0n) is 15.7. The van der Waals surface area contributed by atoms with Gasteiger partial charge in [0.15, 0.2) is 0 Å². The molecule has 0 atom stereocenters. The zero-order chi connectivity index (χ0) is 18.5. The molecule has 2 aromatic carbocycles. The van der Waals surface area contributed by atoms with E-state index in [0.29, 0.717) is 11.2 Å². The Balaban J connectivity index is 0.000000948. The van der Waals surface area contributed by atoms with Crippen LogP contribution in [0.2, 0.25) is 0 Å². The number of rotatable bonds is 2. The van der Waals surface area contributed by atoms with E-state index in [9.17, 15) is 4.79 Å². The molecule has 3 aromatic rings. The molecule has 2 heterocycles. The van der Waals surface area contributed by atoms with Gasteiger partial charge in [-0.15, -0.1) is 0 Å². The van der Waals surface area contributed by atoms with Crippen LogP contribution >= 0.6 is 0 Å². The van der Waals surface area contributed by atoms with Crippen LogP contribution in [0.15, 0.2) is 53.3 Å². The van der Waals surface area contributed by atoms with Gasteiger partial charge in [0.1, 0.15) is 5.82 Å². The van der Waals surface area contributed by atoms with Crippen LogP contribution in [0, 0.1) is 0 Å². The molecule has 5 heteroatoms. The Hall–Kier alpha value is -2.66. The van der Waals surface area contributed by atoms with Gasteiger partial charge in [0, 0.05) is 37.4 Å². The Kier molecular flexibility index (Phi) is 5.68. The number of H-pyrrole nitrogens is 1. The second-order valence-electron chi connectivity index (χ2n) is 6.27. The first-order valence-corrected chi connectivity index (χ1v) is 9.24. The topological polar surface area (TPSA) is 52.2 Å². The SMILES string of the molecule is CC.CN1CCN(c2ccc(-c3nc4ccccc4c(=O)[nH]3)cc2)CC1. The van der Waals surface area contributed by atoms with E-state index >= 15 is 0 Å². The molecule has 0 saturated carbocycles. The maximum atomic E-state index is 12.2. The standard InChI is InChI=1S/C19H20N4O.C2H6/c1-22-10-12-23(13-11-22)15-8-6-14(7-9-15)18-20-17-5-3-2-4-16(17)19(24)21-18;1-2/h2-9H,10-13H2,1H3,(H,20,21,24);1-2H3. The van der Waals surface area contributed by atoms with E-state index in [1.165, 1.54) is 5.69 Å². The lowest BCUT2D eigenvalue weighted by Gasteiger charge is -2.34. The molecule has 1 aliphatic heterocycles. The average Bonchev–Trinajstić information content (AvgIpc) is 2.70. The summed E-state index contributed by atoms with van der Waals surface area (Å²) in [7, 11) is 2.15. The predicted molar refractivity (Wildman–Crippen MR) is 109 cm³/mol. The number of hydrogen-bond donors (Lipinski definition) is 1. The highest BCUT2D eigenvalue weighted by molar-refractivity contribution is 5.79. The summed E-state index contributed by atoms with van der Waals surface area (Å²) in [4.78, 5) is 24.4. The number of anilines is 1. The van der Waals surface area contributed by atoms with E-state index in [-0.39, 0.29) is 5.56 Å². The van der Waals surface area contributed by atoms with Gasteiger partial charge >= 0.3 is 0 Å². The molecule has 1 aliphatic rings. The lowest BCUT2D eigenvalue weighted by molar-refractivity contribution is 0.313. The van der Waals surface area contributed by atoms with E-state index in [0.717, 1.165) is 37.3 Å². The van der Waals surface area contributed by atoms with Crippen LogP contribution in [-0.4, -0.2) is 48.1 Å². The molecule has 26 heavy (non-hydrogen) atoms. The average molecular weight is 350 g/mol. The van der Waals surface area contributed by atoms with E-state index in [2.05, 4.69) is 38.9 Å². The molecule has 1 saturated heterocycles. The van der Waals surface area contributed by atoms with E-state index < -0.39 is 0 Å². The van der Waals surface area contributed by atoms with Crippen molar-refractivity contribution in [3.63, 3.8) is 0 Å². The van der Waals surface area contributed by atoms with Crippen molar-refractivity contribution in [2.24, 2.45) is 0 Å². The second-order valence-corrected chi connectivity index (χ2v) is 6.27. The van der Waals surface area contributed by atoms with Gasteiger partial charge in [-0.05, 0) is 43.4 Å². The maximum Gasteiger partial charge on any atom is 0.259 e. The minimum Gasteiger partial charge on any atom is -0.369 e. The van der Waals surface area contributed by atoms with Crippen molar-refractivity contribution in [1.29, 1.82) is 0 Å². The molecular weight excluding hydrogens is 324 g/mol. The third-order valence-corrected chi connectivity index (χ3v) is 4.62. The third-order valence-electron chi connectivity index (χ3n) is 4.62. The summed E-state index contributed by atoms with van der Waals surface area (Å²) in [6, 6.07) is 15.7. The lowest BCUT2D eigenvalue weighted by Crippen LogP contribution is -2.44. The number of aromatic amines is 1. The van der Waals surface area contributed by atoms with Crippen LogP contribution in [0.3, 0.4) is 0 Å². The number of hydrogen-bond acceptors (Lipinski definition) is 4. The first-order chi connectivity index (χ1) is 12.7. The van der Waals surface area contributed by atoms with Crippen molar-refractivity contribution in [3.8, 4) is 11.4 Å². The minimum atomic E-state index is -0.0984. The number of benzene rings is 2. The highest BCUT2D eigenvalue weighted by Gasteiger charge is 2.14. The van der Waals surface area contributed by atoms with Crippen molar-refractivity contribution in [2.75, 3.05) is 38.1 Å². The summed E-state index contributed by atoms with van der Waals surface area (Å²) < 4.78 is 0. The van der Waals surface area contributed by atoms with Crippen molar-refractivity contribution < 1.29 is 0 Å². The second kappa shape index (κ2) is 8.15. The molecule has 1 aromatic heterocycles. The number of nitrogens with one attached hydrogen (secondary N) is 1. The molecule has 0 bridgehead atoms. The first-order valence-electron chi connectivity index (χ1n) is 9.24. The van der Waals surface area contributed by atoms with Gasteiger partial charge in [0.2, 0.25) is 0 Å². The maximum absolute atomic E-state index is 12.2. The fourth-order valence-electron chi connectivity index (χ4n) is 3.12. The van der Waals surface area contributed by atoms with Crippen LogP contribution in [0.25, 0.3) is 22.3 Å². The van der Waals surface area contributed by atoms with Gasteiger partial charge < -0.3 is 14.8 Å². The van der Waals surface area contributed by atoms with E-state index in [1.54, 1.807) is 6.07 Å². The Morgan fingerprint density at radius 3 is 2.27 bits per heavy atom. The van der Waals surface area contributed by atoms with Gasteiger partial charge in [-0.3, -0.25) is 4.79 Å².